The molecular formula is C20H22N4. The van der Waals surface area contributed by atoms with Crippen LogP contribution < -0.4 is 0 Å². The van der Waals surface area contributed by atoms with Crippen molar-refractivity contribution in [2.24, 2.45) is 0 Å². The first-order valence-electron chi connectivity index (χ1n) is 8.39. The van der Waals surface area contributed by atoms with Crippen LogP contribution >= 0.6 is 0 Å². The second-order valence-corrected chi connectivity index (χ2v) is 6.71. The highest BCUT2D eigenvalue weighted by Gasteiger charge is 2.21. The molecule has 122 valence electrons. The molecule has 0 fully saturated rings. The lowest BCUT2D eigenvalue weighted by Crippen LogP contribution is -2.26. The molecule has 0 spiro atoms. The minimum Gasteiger partial charge on any atom is -0.320 e. The third-order valence-corrected chi connectivity index (χ3v) is 4.84. The van der Waals surface area contributed by atoms with Gasteiger partial charge in [0.05, 0.1) is 11.2 Å². The first-order chi connectivity index (χ1) is 11.6. The summed E-state index contributed by atoms with van der Waals surface area (Å²) in [4.78, 5) is 10.8. The summed E-state index contributed by atoms with van der Waals surface area (Å²) in [5, 5.41) is 1.38. The van der Waals surface area contributed by atoms with Gasteiger partial charge in [-0.3, -0.25) is 0 Å². The maximum Gasteiger partial charge on any atom is 0.116 e. The molecule has 1 aromatic carbocycles. The zero-order valence-electron chi connectivity index (χ0n) is 14.5. The van der Waals surface area contributed by atoms with Crippen LogP contribution in [0, 0.1) is 6.92 Å². The van der Waals surface area contributed by atoms with Gasteiger partial charge in [-0.1, -0.05) is 11.6 Å². The lowest BCUT2D eigenvalue weighted by Gasteiger charge is -2.23. The largest absolute Gasteiger partial charge is 0.320 e. The van der Waals surface area contributed by atoms with E-state index in [0.29, 0.717) is 0 Å². The highest BCUT2D eigenvalue weighted by molar-refractivity contribution is 5.90. The minimum atomic E-state index is 0.973. The van der Waals surface area contributed by atoms with Crippen molar-refractivity contribution in [2.75, 3.05) is 13.6 Å². The SMILES string of the molecule is CC(=Cn1c2c(c3cc(C)ccc31)CN(C)CC2)c1ccncn1. The van der Waals surface area contributed by atoms with Crippen molar-refractivity contribution in [3.63, 3.8) is 0 Å². The Morgan fingerprint density at radius 1 is 1.25 bits per heavy atom. The van der Waals surface area contributed by atoms with Gasteiger partial charge < -0.3 is 9.47 Å². The maximum atomic E-state index is 4.38. The fourth-order valence-corrected chi connectivity index (χ4v) is 3.57. The Hall–Kier alpha value is -2.46. The standard InChI is InChI=1S/C20H22N4/c1-14-4-5-19-16(10-14)17-12-23(3)9-7-20(17)24(19)11-15(2)18-6-8-21-13-22-18/h4-6,8,10-11,13H,7,9,12H2,1-3H3. The molecule has 1 aliphatic heterocycles. The van der Waals surface area contributed by atoms with Gasteiger partial charge in [0.15, 0.2) is 0 Å². The minimum absolute atomic E-state index is 0.973. The number of hydrogen-bond donors (Lipinski definition) is 0. The highest BCUT2D eigenvalue weighted by atomic mass is 15.1. The lowest BCUT2D eigenvalue weighted by molar-refractivity contribution is 0.312. The Labute approximate surface area is 142 Å². The summed E-state index contributed by atoms with van der Waals surface area (Å²) < 4.78 is 2.37. The maximum absolute atomic E-state index is 4.38. The fourth-order valence-electron chi connectivity index (χ4n) is 3.57. The Morgan fingerprint density at radius 2 is 2.12 bits per heavy atom. The Kier molecular flexibility index (Phi) is 3.69. The van der Waals surface area contributed by atoms with Crippen molar-refractivity contribution in [1.29, 1.82) is 0 Å². The second kappa shape index (κ2) is 5.87. The predicted molar refractivity (Wildman–Crippen MR) is 98.6 cm³/mol. The van der Waals surface area contributed by atoms with Gasteiger partial charge in [-0.25, -0.2) is 9.97 Å². The number of nitrogens with zero attached hydrogens (tertiary/aromatic N) is 4. The smallest absolute Gasteiger partial charge is 0.116 e. The molecule has 0 radical (unpaired) electrons. The molecule has 0 N–H and O–H groups in total. The average molecular weight is 318 g/mol. The van der Waals surface area contributed by atoms with E-state index in [2.05, 4.69) is 64.7 Å². The molecule has 4 nitrogen and oxygen atoms in total. The van der Waals surface area contributed by atoms with Gasteiger partial charge in [-0.05, 0) is 50.2 Å². The van der Waals surface area contributed by atoms with Crippen molar-refractivity contribution >= 4 is 22.7 Å². The van der Waals surface area contributed by atoms with E-state index < -0.39 is 0 Å². The summed E-state index contributed by atoms with van der Waals surface area (Å²) >= 11 is 0. The molecule has 0 aliphatic carbocycles. The summed E-state index contributed by atoms with van der Waals surface area (Å²) in [6.07, 6.45) is 6.70. The number of likely N-dealkylation sites (N-methyl/N-ethyl adjacent to an activating group) is 1. The third-order valence-electron chi connectivity index (χ3n) is 4.84. The molecule has 0 saturated heterocycles. The lowest BCUT2D eigenvalue weighted by atomic mass is 10.0. The summed E-state index contributed by atoms with van der Waals surface area (Å²) in [6.45, 7) is 6.40. The second-order valence-electron chi connectivity index (χ2n) is 6.71. The zero-order chi connectivity index (χ0) is 16.7. The Morgan fingerprint density at radius 3 is 2.92 bits per heavy atom. The van der Waals surface area contributed by atoms with Gasteiger partial charge >= 0.3 is 0 Å². The molecule has 24 heavy (non-hydrogen) atoms. The van der Waals surface area contributed by atoms with Crippen LogP contribution in [0.25, 0.3) is 22.7 Å². The molecular weight excluding hydrogens is 296 g/mol. The van der Waals surface area contributed by atoms with Crippen LogP contribution in [-0.4, -0.2) is 33.0 Å². The van der Waals surface area contributed by atoms with Crippen LogP contribution in [0.5, 0.6) is 0 Å². The molecule has 0 bridgehead atoms. The number of aryl methyl sites for hydroxylation is 1. The number of rotatable bonds is 2. The first-order valence-corrected chi connectivity index (χ1v) is 8.39. The van der Waals surface area contributed by atoms with E-state index >= 15 is 0 Å². The van der Waals surface area contributed by atoms with E-state index in [1.165, 1.54) is 27.7 Å². The van der Waals surface area contributed by atoms with E-state index in [1.54, 1.807) is 12.5 Å². The molecule has 4 heteroatoms. The van der Waals surface area contributed by atoms with Crippen molar-refractivity contribution in [1.82, 2.24) is 19.4 Å². The molecule has 3 heterocycles. The zero-order valence-corrected chi connectivity index (χ0v) is 14.5. The van der Waals surface area contributed by atoms with Crippen LogP contribution in [0.2, 0.25) is 0 Å². The normalized spacial score (nSPS) is 15.7. The molecule has 3 aromatic rings. The van der Waals surface area contributed by atoms with E-state index in [9.17, 15) is 0 Å². The number of aromatic nitrogens is 3. The quantitative estimate of drug-likeness (QED) is 0.722. The highest BCUT2D eigenvalue weighted by Crippen LogP contribution is 2.32. The van der Waals surface area contributed by atoms with E-state index in [4.69, 9.17) is 0 Å². The number of allylic oxidation sites excluding steroid dienone is 1. The van der Waals surface area contributed by atoms with Gasteiger partial charge in [0.25, 0.3) is 0 Å². The third kappa shape index (κ3) is 2.53. The molecule has 0 amide bonds. The van der Waals surface area contributed by atoms with Crippen molar-refractivity contribution in [3.05, 3.63) is 59.3 Å². The Balaban J connectivity index is 1.92. The van der Waals surface area contributed by atoms with Gasteiger partial charge in [0.1, 0.15) is 6.33 Å². The molecule has 0 unspecified atom stereocenters. The van der Waals surface area contributed by atoms with Crippen LogP contribution in [0.3, 0.4) is 0 Å². The van der Waals surface area contributed by atoms with Gasteiger partial charge in [-0.2, -0.15) is 0 Å². The molecule has 1 aliphatic rings. The van der Waals surface area contributed by atoms with E-state index in [-0.39, 0.29) is 0 Å². The summed E-state index contributed by atoms with van der Waals surface area (Å²) in [5.41, 5.74) is 7.62. The summed E-state index contributed by atoms with van der Waals surface area (Å²) in [7, 11) is 2.20. The summed E-state index contributed by atoms with van der Waals surface area (Å²) in [5.74, 6) is 0. The number of hydrogen-bond acceptors (Lipinski definition) is 3. The number of benzene rings is 1. The van der Waals surface area contributed by atoms with E-state index in [0.717, 1.165) is 30.8 Å². The van der Waals surface area contributed by atoms with Crippen molar-refractivity contribution in [2.45, 2.75) is 26.8 Å². The van der Waals surface area contributed by atoms with Gasteiger partial charge in [0.2, 0.25) is 0 Å². The van der Waals surface area contributed by atoms with Crippen LogP contribution in [-0.2, 0) is 13.0 Å². The molecule has 0 saturated carbocycles. The van der Waals surface area contributed by atoms with Crippen molar-refractivity contribution in [3.8, 4) is 0 Å². The molecule has 0 atom stereocenters. The van der Waals surface area contributed by atoms with Gasteiger partial charge in [-0.15, -0.1) is 0 Å². The summed E-state index contributed by atoms with van der Waals surface area (Å²) in [6, 6.07) is 8.72. The van der Waals surface area contributed by atoms with Crippen LogP contribution in [0.1, 0.15) is 29.4 Å². The van der Waals surface area contributed by atoms with E-state index in [1.807, 2.05) is 6.07 Å². The average Bonchev–Trinajstić information content (AvgIpc) is 2.88. The fraction of sp³-hybridized carbons (Fsp3) is 0.300. The van der Waals surface area contributed by atoms with Crippen LogP contribution in [0.15, 0.2) is 36.8 Å². The van der Waals surface area contributed by atoms with Crippen molar-refractivity contribution < 1.29 is 0 Å². The predicted octanol–water partition coefficient (Wildman–Crippen LogP) is 3.75. The van der Waals surface area contributed by atoms with Crippen LogP contribution in [0.4, 0.5) is 0 Å². The first kappa shape index (κ1) is 15.1. The molecule has 2 aromatic heterocycles. The Bertz CT molecular complexity index is 922. The number of fused-ring (bicyclic) bond motifs is 3. The van der Waals surface area contributed by atoms with Gasteiger partial charge in [0, 0.05) is 43.0 Å². The topological polar surface area (TPSA) is 34.0 Å². The monoisotopic (exact) mass is 318 g/mol. The molecule has 4 rings (SSSR count).